The highest BCUT2D eigenvalue weighted by atomic mass is 19.1. The van der Waals surface area contributed by atoms with Crippen LogP contribution in [0.1, 0.15) is 43.2 Å². The lowest BCUT2D eigenvalue weighted by Gasteiger charge is -2.33. The fourth-order valence-corrected chi connectivity index (χ4v) is 4.77. The Balaban J connectivity index is 1.42. The van der Waals surface area contributed by atoms with Crippen molar-refractivity contribution in [1.82, 2.24) is 4.90 Å². The SMILES string of the molecule is NC(=NCc1c(F)cccc1F)N1CC[C@@H](OC(=O)[C@](O)(c2ccccc2)C2CCCC2)C1. The van der Waals surface area contributed by atoms with Gasteiger partial charge in [0.2, 0.25) is 0 Å². The molecule has 2 aromatic rings. The average molecular weight is 458 g/mol. The summed E-state index contributed by atoms with van der Waals surface area (Å²) in [5.74, 6) is -2.05. The van der Waals surface area contributed by atoms with Gasteiger partial charge >= 0.3 is 5.97 Å². The number of hydrogen-bond acceptors (Lipinski definition) is 4. The summed E-state index contributed by atoms with van der Waals surface area (Å²) >= 11 is 0. The molecule has 4 rings (SSSR count). The van der Waals surface area contributed by atoms with Crippen molar-refractivity contribution in [2.45, 2.75) is 50.4 Å². The largest absolute Gasteiger partial charge is 0.458 e. The smallest absolute Gasteiger partial charge is 0.343 e. The van der Waals surface area contributed by atoms with Gasteiger partial charge in [-0.3, -0.25) is 0 Å². The number of aliphatic hydroxyl groups is 1. The molecular formula is C25H29F2N3O3. The molecule has 176 valence electrons. The predicted molar refractivity (Wildman–Crippen MR) is 120 cm³/mol. The quantitative estimate of drug-likeness (QED) is 0.394. The Morgan fingerprint density at radius 2 is 1.76 bits per heavy atom. The van der Waals surface area contributed by atoms with Crippen LogP contribution in [0.3, 0.4) is 0 Å². The van der Waals surface area contributed by atoms with Crippen LogP contribution in [-0.2, 0) is 21.7 Å². The minimum absolute atomic E-state index is 0.130. The summed E-state index contributed by atoms with van der Waals surface area (Å²) in [5.41, 5.74) is 4.75. The maximum Gasteiger partial charge on any atom is 0.343 e. The van der Waals surface area contributed by atoms with E-state index in [1.54, 1.807) is 29.2 Å². The minimum atomic E-state index is -1.69. The zero-order valence-corrected chi connectivity index (χ0v) is 18.4. The number of aliphatic imine (C=N–C) groups is 1. The van der Waals surface area contributed by atoms with E-state index < -0.39 is 29.3 Å². The maximum atomic E-state index is 13.8. The van der Waals surface area contributed by atoms with Gasteiger partial charge in [0.05, 0.1) is 13.1 Å². The summed E-state index contributed by atoms with van der Waals surface area (Å²) < 4.78 is 33.4. The first-order chi connectivity index (χ1) is 15.9. The van der Waals surface area contributed by atoms with Crippen LogP contribution in [0, 0.1) is 17.6 Å². The van der Waals surface area contributed by atoms with Gasteiger partial charge in [-0.25, -0.2) is 18.6 Å². The van der Waals surface area contributed by atoms with Crippen LogP contribution >= 0.6 is 0 Å². The van der Waals surface area contributed by atoms with Crippen LogP contribution in [0.25, 0.3) is 0 Å². The molecule has 33 heavy (non-hydrogen) atoms. The fourth-order valence-electron chi connectivity index (χ4n) is 4.77. The van der Waals surface area contributed by atoms with Gasteiger partial charge < -0.3 is 20.5 Å². The third-order valence-corrected chi connectivity index (χ3v) is 6.67. The lowest BCUT2D eigenvalue weighted by atomic mass is 9.80. The van der Waals surface area contributed by atoms with E-state index in [0.29, 0.717) is 25.1 Å². The van der Waals surface area contributed by atoms with Crippen molar-refractivity contribution in [3.8, 4) is 0 Å². The van der Waals surface area contributed by atoms with E-state index in [2.05, 4.69) is 4.99 Å². The molecule has 0 radical (unpaired) electrons. The van der Waals surface area contributed by atoms with E-state index in [0.717, 1.165) is 25.7 Å². The Hall–Kier alpha value is -3.00. The molecular weight excluding hydrogens is 428 g/mol. The Labute approximate surface area is 192 Å². The van der Waals surface area contributed by atoms with Crippen molar-refractivity contribution < 1.29 is 23.4 Å². The fraction of sp³-hybridized carbons (Fsp3) is 0.440. The minimum Gasteiger partial charge on any atom is -0.458 e. The van der Waals surface area contributed by atoms with Gasteiger partial charge in [0.25, 0.3) is 0 Å². The van der Waals surface area contributed by atoms with Crippen LogP contribution in [0.2, 0.25) is 0 Å². The lowest BCUT2D eigenvalue weighted by molar-refractivity contribution is -0.178. The van der Waals surface area contributed by atoms with Crippen LogP contribution in [0.4, 0.5) is 8.78 Å². The number of nitrogens with two attached hydrogens (primary N) is 1. The number of guanidine groups is 1. The second kappa shape index (κ2) is 9.87. The number of benzene rings is 2. The third kappa shape index (κ3) is 4.85. The molecule has 1 saturated heterocycles. The molecule has 1 saturated carbocycles. The van der Waals surface area contributed by atoms with E-state index in [1.165, 1.54) is 18.2 Å². The Morgan fingerprint density at radius 3 is 2.42 bits per heavy atom. The van der Waals surface area contributed by atoms with Crippen LogP contribution < -0.4 is 5.73 Å². The molecule has 0 spiro atoms. The molecule has 2 aromatic carbocycles. The van der Waals surface area contributed by atoms with E-state index in [4.69, 9.17) is 10.5 Å². The monoisotopic (exact) mass is 457 g/mol. The van der Waals surface area contributed by atoms with Gasteiger partial charge in [-0.05, 0) is 30.5 Å². The number of halogens is 2. The van der Waals surface area contributed by atoms with Crippen molar-refractivity contribution in [1.29, 1.82) is 0 Å². The van der Waals surface area contributed by atoms with E-state index >= 15 is 0 Å². The number of nitrogens with zero attached hydrogens (tertiary/aromatic N) is 2. The van der Waals surface area contributed by atoms with Crippen molar-refractivity contribution in [3.05, 3.63) is 71.3 Å². The first-order valence-corrected chi connectivity index (χ1v) is 11.4. The van der Waals surface area contributed by atoms with E-state index in [9.17, 15) is 18.7 Å². The molecule has 6 nitrogen and oxygen atoms in total. The Bertz CT molecular complexity index is 991. The van der Waals surface area contributed by atoms with Crippen molar-refractivity contribution in [2.75, 3.05) is 13.1 Å². The summed E-state index contributed by atoms with van der Waals surface area (Å²) in [6.45, 7) is 0.567. The standard InChI is InChI=1S/C25H29F2N3O3/c26-21-11-6-12-22(27)20(21)15-29-24(28)30-14-13-19(16-30)33-23(31)25(32,18-9-4-5-10-18)17-7-2-1-3-8-17/h1-3,6-8,11-12,18-19,32H,4-5,9-10,13-16H2,(H2,28,29)/t19-,25+/m1/s1. The van der Waals surface area contributed by atoms with Gasteiger partial charge in [0, 0.05) is 24.4 Å². The predicted octanol–water partition coefficient (Wildman–Crippen LogP) is 3.48. The third-order valence-electron chi connectivity index (χ3n) is 6.67. The molecule has 8 heteroatoms. The maximum absolute atomic E-state index is 13.8. The van der Waals surface area contributed by atoms with Gasteiger partial charge in [-0.1, -0.05) is 49.2 Å². The molecule has 0 bridgehead atoms. The van der Waals surface area contributed by atoms with Gasteiger partial charge in [-0.15, -0.1) is 0 Å². The van der Waals surface area contributed by atoms with Crippen LogP contribution in [0.15, 0.2) is 53.5 Å². The van der Waals surface area contributed by atoms with Crippen molar-refractivity contribution in [3.63, 3.8) is 0 Å². The zero-order valence-electron chi connectivity index (χ0n) is 18.4. The molecule has 2 fully saturated rings. The average Bonchev–Trinajstić information content (AvgIpc) is 3.51. The normalized spacial score (nSPS) is 21.2. The number of likely N-dealkylation sites (tertiary alicyclic amines) is 1. The number of hydrogen-bond donors (Lipinski definition) is 2. The summed E-state index contributed by atoms with van der Waals surface area (Å²) in [6.07, 6.45) is 3.53. The first kappa shape index (κ1) is 23.2. The topological polar surface area (TPSA) is 88.1 Å². The molecule has 0 amide bonds. The highest BCUT2D eigenvalue weighted by Gasteiger charge is 2.48. The molecule has 1 aliphatic heterocycles. The second-order valence-corrected chi connectivity index (χ2v) is 8.75. The van der Waals surface area contributed by atoms with Gasteiger partial charge in [-0.2, -0.15) is 0 Å². The molecule has 0 aromatic heterocycles. The number of esters is 1. The number of carbonyl (C=O) groups is 1. The van der Waals surface area contributed by atoms with Crippen molar-refractivity contribution in [2.24, 2.45) is 16.6 Å². The van der Waals surface area contributed by atoms with Crippen molar-refractivity contribution >= 4 is 11.9 Å². The highest BCUT2D eigenvalue weighted by Crippen LogP contribution is 2.42. The summed E-state index contributed by atoms with van der Waals surface area (Å²) in [4.78, 5) is 19.1. The summed E-state index contributed by atoms with van der Waals surface area (Å²) in [7, 11) is 0. The molecule has 1 aliphatic carbocycles. The first-order valence-electron chi connectivity index (χ1n) is 11.4. The molecule has 0 unspecified atom stereocenters. The molecule has 2 atom stereocenters. The van der Waals surface area contributed by atoms with Crippen LogP contribution in [0.5, 0.6) is 0 Å². The number of ether oxygens (including phenoxy) is 1. The highest BCUT2D eigenvalue weighted by molar-refractivity contribution is 5.82. The Morgan fingerprint density at radius 1 is 1.09 bits per heavy atom. The lowest BCUT2D eigenvalue weighted by Crippen LogP contribution is -2.45. The number of rotatable bonds is 6. The van der Waals surface area contributed by atoms with E-state index in [1.807, 2.05) is 6.07 Å². The molecule has 3 N–H and O–H groups in total. The molecule has 1 heterocycles. The molecule has 2 aliphatic rings. The van der Waals surface area contributed by atoms with Gasteiger partial charge in [0.1, 0.15) is 17.7 Å². The number of carbonyl (C=O) groups excluding carboxylic acids is 1. The van der Waals surface area contributed by atoms with E-state index in [-0.39, 0.29) is 24.0 Å². The van der Waals surface area contributed by atoms with Crippen LogP contribution in [-0.4, -0.2) is 41.1 Å². The van der Waals surface area contributed by atoms with Gasteiger partial charge in [0.15, 0.2) is 11.6 Å². The summed E-state index contributed by atoms with van der Waals surface area (Å²) in [5, 5.41) is 11.5. The zero-order chi connectivity index (χ0) is 23.4. The second-order valence-electron chi connectivity index (χ2n) is 8.75. The Kier molecular flexibility index (Phi) is 6.93. The summed E-state index contributed by atoms with van der Waals surface area (Å²) in [6, 6.07) is 12.6.